The average Bonchev–Trinajstić information content (AvgIpc) is 3.23. The van der Waals surface area contributed by atoms with Crippen molar-refractivity contribution < 1.29 is 13.4 Å². The molecule has 36 heavy (non-hydrogen) atoms. The molecule has 1 N–H and O–H groups in total. The van der Waals surface area contributed by atoms with Gasteiger partial charge in [-0.3, -0.25) is 9.00 Å². The maximum atomic E-state index is 14.3. The van der Waals surface area contributed by atoms with Crippen molar-refractivity contribution in [2.75, 3.05) is 36.5 Å². The van der Waals surface area contributed by atoms with Crippen molar-refractivity contribution in [3.63, 3.8) is 0 Å². The minimum Gasteiger partial charge on any atom is -0.326 e. The Morgan fingerprint density at radius 3 is 2.61 bits per heavy atom. The maximum absolute atomic E-state index is 14.3. The van der Waals surface area contributed by atoms with Gasteiger partial charge in [0.1, 0.15) is 11.5 Å². The van der Waals surface area contributed by atoms with Gasteiger partial charge in [0.05, 0.1) is 5.69 Å². The van der Waals surface area contributed by atoms with Gasteiger partial charge in [0.15, 0.2) is 0 Å². The fourth-order valence-corrected chi connectivity index (χ4v) is 5.85. The zero-order valence-electron chi connectivity index (χ0n) is 20.2. The Kier molecular flexibility index (Phi) is 7.25. The Labute approximate surface area is 212 Å². The predicted molar refractivity (Wildman–Crippen MR) is 143 cm³/mol. The number of fused-ring (bicyclic) bond motifs is 1. The zero-order chi connectivity index (χ0) is 25.1. The normalized spacial score (nSPS) is 14.8. The van der Waals surface area contributed by atoms with Gasteiger partial charge in [0.25, 0.3) is 0 Å². The minimum atomic E-state index is -0.661. The Hall–Kier alpha value is -3.36. The number of carbonyl (C=O) groups excluding carboxylic acids is 1. The lowest BCUT2D eigenvalue weighted by atomic mass is 10.1. The second-order valence-electron chi connectivity index (χ2n) is 9.13. The largest absolute Gasteiger partial charge is 0.326 e. The molecule has 5 rings (SSSR count). The van der Waals surface area contributed by atoms with Crippen LogP contribution in [0.25, 0.3) is 28.0 Å². The maximum Gasteiger partial charge on any atom is 0.221 e. The average molecular weight is 505 g/mol. The molecule has 1 aliphatic rings. The fourth-order valence-electron chi connectivity index (χ4n) is 4.72. The van der Waals surface area contributed by atoms with Crippen LogP contribution in [0.2, 0.25) is 0 Å². The summed E-state index contributed by atoms with van der Waals surface area (Å²) in [4.78, 5) is 18.8. The number of halogens is 1. The highest BCUT2D eigenvalue weighted by molar-refractivity contribution is 7.85. The van der Waals surface area contributed by atoms with Crippen molar-refractivity contribution in [1.82, 2.24) is 14.5 Å². The van der Waals surface area contributed by atoms with E-state index >= 15 is 0 Å². The van der Waals surface area contributed by atoms with Crippen LogP contribution in [0.5, 0.6) is 0 Å². The number of hydrogen-bond acceptors (Lipinski definition) is 4. The number of para-hydroxylation sites is 1. The lowest BCUT2D eigenvalue weighted by Crippen LogP contribution is -2.38. The molecule has 2 aromatic carbocycles. The van der Waals surface area contributed by atoms with E-state index in [0.29, 0.717) is 16.9 Å². The van der Waals surface area contributed by atoms with Gasteiger partial charge in [-0.25, -0.2) is 9.37 Å². The van der Waals surface area contributed by atoms with Crippen molar-refractivity contribution in [3.05, 3.63) is 78.2 Å². The molecule has 0 atom stereocenters. The molecule has 1 amide bonds. The van der Waals surface area contributed by atoms with Crippen LogP contribution in [0.4, 0.5) is 10.1 Å². The quantitative estimate of drug-likeness (QED) is 0.393. The molecule has 1 aliphatic heterocycles. The van der Waals surface area contributed by atoms with Gasteiger partial charge in [-0.2, -0.15) is 0 Å². The van der Waals surface area contributed by atoms with Gasteiger partial charge in [-0.05, 0) is 67.4 Å². The van der Waals surface area contributed by atoms with Crippen molar-refractivity contribution >= 4 is 33.4 Å². The first kappa shape index (κ1) is 24.3. The van der Waals surface area contributed by atoms with Crippen molar-refractivity contribution in [2.45, 2.75) is 19.8 Å². The zero-order valence-corrected chi connectivity index (χ0v) is 21.1. The number of nitrogens with zero attached hydrogens (tertiary/aromatic N) is 3. The summed E-state index contributed by atoms with van der Waals surface area (Å²) in [7, 11) is -0.661. The van der Waals surface area contributed by atoms with E-state index < -0.39 is 16.6 Å². The van der Waals surface area contributed by atoms with Crippen molar-refractivity contribution in [3.8, 4) is 16.9 Å². The van der Waals surface area contributed by atoms with Gasteiger partial charge in [-0.1, -0.05) is 18.2 Å². The standard InChI is InChI=1S/C28H29FN4O2S/c1-20(34)30-24-17-22(16-23(29)18-24)27-10-9-26-21(6-5-11-32-12-14-36(35)15-13-32)19-33(28(26)31-27)25-7-3-2-4-8-25/h2-4,7-10,16-19H,5-6,11-15H2,1H3,(H,30,34). The SMILES string of the molecule is CC(=O)Nc1cc(F)cc(-c2ccc3c(CCCN4CCS(=O)CC4)cn(-c4ccccc4)c3n2)c1. The highest BCUT2D eigenvalue weighted by Crippen LogP contribution is 2.29. The van der Waals surface area contributed by atoms with E-state index in [-0.39, 0.29) is 5.91 Å². The summed E-state index contributed by atoms with van der Waals surface area (Å²) in [6.45, 7) is 4.18. The van der Waals surface area contributed by atoms with E-state index in [9.17, 15) is 13.4 Å². The Bertz CT molecular complexity index is 1410. The van der Waals surface area contributed by atoms with Crippen LogP contribution in [-0.4, -0.2) is 55.7 Å². The Morgan fingerprint density at radius 1 is 1.08 bits per heavy atom. The third-order valence-corrected chi connectivity index (χ3v) is 7.75. The summed E-state index contributed by atoms with van der Waals surface area (Å²) in [6, 6.07) is 18.5. The third kappa shape index (κ3) is 5.55. The van der Waals surface area contributed by atoms with Gasteiger partial charge >= 0.3 is 0 Å². The Morgan fingerprint density at radius 2 is 1.86 bits per heavy atom. The van der Waals surface area contributed by atoms with Crippen LogP contribution in [-0.2, 0) is 22.0 Å². The number of pyridine rings is 1. The summed E-state index contributed by atoms with van der Waals surface area (Å²) in [5, 5.41) is 3.72. The number of nitrogens with one attached hydrogen (secondary N) is 1. The second kappa shape index (κ2) is 10.7. The van der Waals surface area contributed by atoms with Gasteiger partial charge < -0.3 is 14.8 Å². The number of anilines is 1. The van der Waals surface area contributed by atoms with Crippen molar-refractivity contribution in [1.29, 1.82) is 0 Å². The third-order valence-electron chi connectivity index (χ3n) is 6.47. The first-order valence-corrected chi connectivity index (χ1v) is 13.7. The Balaban J connectivity index is 1.47. The fraction of sp³-hybridized carbons (Fsp3) is 0.286. The summed E-state index contributed by atoms with van der Waals surface area (Å²) >= 11 is 0. The van der Waals surface area contributed by atoms with E-state index in [1.807, 2.05) is 36.4 Å². The lowest BCUT2D eigenvalue weighted by Gasteiger charge is -2.25. The van der Waals surface area contributed by atoms with Crippen LogP contribution in [0, 0.1) is 5.82 Å². The van der Waals surface area contributed by atoms with Gasteiger partial charge in [0, 0.05) is 70.8 Å². The molecule has 186 valence electrons. The first-order chi connectivity index (χ1) is 17.5. The number of hydrogen-bond donors (Lipinski definition) is 1. The highest BCUT2D eigenvalue weighted by atomic mass is 32.2. The molecule has 0 unspecified atom stereocenters. The molecule has 1 fully saturated rings. The molecular weight excluding hydrogens is 475 g/mol. The number of rotatable bonds is 7. The van der Waals surface area contributed by atoms with Crippen LogP contribution in [0.15, 0.2) is 66.9 Å². The molecule has 4 aromatic rings. The van der Waals surface area contributed by atoms with Crippen LogP contribution >= 0.6 is 0 Å². The molecule has 0 aliphatic carbocycles. The summed E-state index contributed by atoms with van der Waals surface area (Å²) in [5.74, 6) is 0.849. The minimum absolute atomic E-state index is 0.254. The molecule has 1 saturated heterocycles. The van der Waals surface area contributed by atoms with E-state index in [1.165, 1.54) is 24.6 Å². The second-order valence-corrected chi connectivity index (χ2v) is 10.8. The number of aryl methyl sites for hydroxylation is 1. The number of aromatic nitrogens is 2. The number of benzene rings is 2. The topological polar surface area (TPSA) is 67.2 Å². The number of carbonyl (C=O) groups is 1. The molecule has 6 nitrogen and oxygen atoms in total. The molecule has 3 heterocycles. The summed E-state index contributed by atoms with van der Waals surface area (Å²) in [5.41, 5.74) is 4.68. The van der Waals surface area contributed by atoms with Crippen LogP contribution in [0.3, 0.4) is 0 Å². The lowest BCUT2D eigenvalue weighted by molar-refractivity contribution is -0.114. The molecular formula is C28H29FN4O2S. The number of amides is 1. The molecule has 0 radical (unpaired) electrons. The van der Waals surface area contributed by atoms with E-state index in [1.54, 1.807) is 6.07 Å². The predicted octanol–water partition coefficient (Wildman–Crippen LogP) is 4.79. The summed E-state index contributed by atoms with van der Waals surface area (Å²) < 4.78 is 28.1. The van der Waals surface area contributed by atoms with E-state index in [2.05, 4.69) is 27.0 Å². The van der Waals surface area contributed by atoms with E-state index in [0.717, 1.165) is 60.7 Å². The van der Waals surface area contributed by atoms with Gasteiger partial charge in [-0.15, -0.1) is 0 Å². The molecule has 0 bridgehead atoms. The van der Waals surface area contributed by atoms with Crippen LogP contribution in [0.1, 0.15) is 18.9 Å². The molecule has 2 aromatic heterocycles. The molecule has 8 heteroatoms. The molecule has 0 spiro atoms. The van der Waals surface area contributed by atoms with Crippen LogP contribution < -0.4 is 5.32 Å². The molecule has 0 saturated carbocycles. The van der Waals surface area contributed by atoms with E-state index in [4.69, 9.17) is 4.98 Å². The van der Waals surface area contributed by atoms with Crippen molar-refractivity contribution in [2.24, 2.45) is 0 Å². The monoisotopic (exact) mass is 504 g/mol. The smallest absolute Gasteiger partial charge is 0.221 e. The summed E-state index contributed by atoms with van der Waals surface area (Å²) in [6.07, 6.45) is 4.06. The first-order valence-electron chi connectivity index (χ1n) is 12.2. The highest BCUT2D eigenvalue weighted by Gasteiger charge is 2.17. The van der Waals surface area contributed by atoms with Gasteiger partial charge in [0.2, 0.25) is 5.91 Å².